The number of carbonyl (C=O) groups excluding carboxylic acids is 1. The van der Waals surface area contributed by atoms with Crippen molar-refractivity contribution in [3.05, 3.63) is 70.2 Å². The van der Waals surface area contributed by atoms with Crippen molar-refractivity contribution in [1.82, 2.24) is 0 Å². The molecule has 128 valence electrons. The minimum absolute atomic E-state index is 0.0525. The molecule has 0 saturated heterocycles. The van der Waals surface area contributed by atoms with Crippen molar-refractivity contribution in [2.75, 3.05) is 38.0 Å². The van der Waals surface area contributed by atoms with E-state index in [9.17, 15) is 4.79 Å². The fraction of sp³-hybridized carbons (Fsp3) is 0.190. The topological polar surface area (TPSA) is 23.6 Å². The molecule has 0 radical (unpaired) electrons. The van der Waals surface area contributed by atoms with Gasteiger partial charge in [0.05, 0.1) is 0 Å². The number of hydrogen-bond acceptors (Lipinski definition) is 3. The Kier molecular flexibility index (Phi) is 5.12. The van der Waals surface area contributed by atoms with Gasteiger partial charge in [-0.15, -0.1) is 0 Å². The third kappa shape index (κ3) is 4.04. The molecule has 0 amide bonds. The quantitative estimate of drug-likeness (QED) is 0.583. The van der Waals surface area contributed by atoms with E-state index in [2.05, 4.69) is 58.3 Å². The van der Waals surface area contributed by atoms with Crippen LogP contribution >= 0.6 is 0 Å². The van der Waals surface area contributed by atoms with Crippen LogP contribution < -0.4 is 9.80 Å². The van der Waals surface area contributed by atoms with E-state index in [0.29, 0.717) is 0 Å². The number of benzene rings is 2. The number of anilines is 2. The van der Waals surface area contributed by atoms with Gasteiger partial charge < -0.3 is 0 Å². The Morgan fingerprint density at radius 3 is 1.84 bits per heavy atom. The second-order valence-corrected chi connectivity index (χ2v) is 8.68. The van der Waals surface area contributed by atoms with E-state index in [1.165, 1.54) is 0 Å². The van der Waals surface area contributed by atoms with Crippen LogP contribution in [0.25, 0.3) is 10.5 Å². The normalized spacial score (nSPS) is 15.4. The summed E-state index contributed by atoms with van der Waals surface area (Å²) < 4.78 is 2.07. The van der Waals surface area contributed by atoms with Crippen molar-refractivity contribution in [2.45, 2.75) is 0 Å². The SMILES string of the molecule is CN(C)c1ccc(/C=C2\[Se]C(c3ccc(N(C)C)cc3)=CC2=O)cc1. The van der Waals surface area contributed by atoms with Crippen LogP contribution in [0.15, 0.2) is 59.1 Å². The summed E-state index contributed by atoms with van der Waals surface area (Å²) in [6.45, 7) is 0. The molecule has 3 rings (SSSR count). The van der Waals surface area contributed by atoms with Crippen LogP contribution in [0, 0.1) is 0 Å². The molecule has 2 aromatic carbocycles. The van der Waals surface area contributed by atoms with Crippen molar-refractivity contribution in [3.63, 3.8) is 0 Å². The third-order valence-corrected chi connectivity index (χ3v) is 6.43. The van der Waals surface area contributed by atoms with Gasteiger partial charge >= 0.3 is 156 Å². The van der Waals surface area contributed by atoms with Gasteiger partial charge in [0.15, 0.2) is 0 Å². The zero-order valence-corrected chi connectivity index (χ0v) is 16.7. The molecular formula is C21H22N2OSe. The molecule has 0 aliphatic carbocycles. The second-order valence-electron chi connectivity index (χ2n) is 6.41. The standard InChI is InChI=1S/C21H22N2OSe/c1-22(2)17-9-5-15(6-10-17)13-21-19(24)14-20(25-21)16-7-11-18(12-8-16)23(3)4/h5-14H,1-4H3/b21-13-. The van der Waals surface area contributed by atoms with Gasteiger partial charge in [-0.05, 0) is 0 Å². The van der Waals surface area contributed by atoms with Gasteiger partial charge in [-0.3, -0.25) is 0 Å². The van der Waals surface area contributed by atoms with Gasteiger partial charge in [-0.25, -0.2) is 0 Å². The molecule has 0 N–H and O–H groups in total. The average molecular weight is 397 g/mol. The van der Waals surface area contributed by atoms with E-state index in [1.54, 1.807) is 6.08 Å². The van der Waals surface area contributed by atoms with E-state index < -0.39 is 0 Å². The van der Waals surface area contributed by atoms with Crippen molar-refractivity contribution < 1.29 is 4.79 Å². The molecule has 1 heterocycles. The summed E-state index contributed by atoms with van der Waals surface area (Å²) in [5, 5.41) is 0. The number of allylic oxidation sites excluding steroid dienone is 2. The Bertz CT molecular complexity index is 831. The summed E-state index contributed by atoms with van der Waals surface area (Å²) in [6.07, 6.45) is 3.82. The Morgan fingerprint density at radius 1 is 0.800 bits per heavy atom. The first-order valence-electron chi connectivity index (χ1n) is 8.15. The Labute approximate surface area is 155 Å². The van der Waals surface area contributed by atoms with Gasteiger partial charge in [0.25, 0.3) is 0 Å². The molecule has 0 saturated carbocycles. The molecule has 2 aromatic rings. The number of rotatable bonds is 4. The maximum absolute atomic E-state index is 12.4. The molecule has 0 unspecified atom stereocenters. The summed E-state index contributed by atoms with van der Waals surface area (Å²) in [5.41, 5.74) is 4.54. The van der Waals surface area contributed by atoms with E-state index in [1.807, 2.05) is 34.3 Å². The first-order chi connectivity index (χ1) is 11.9. The van der Waals surface area contributed by atoms with Gasteiger partial charge in [0, 0.05) is 0 Å². The summed E-state index contributed by atoms with van der Waals surface area (Å²) in [7, 11) is 8.10. The van der Waals surface area contributed by atoms with Crippen LogP contribution in [0.5, 0.6) is 0 Å². The number of hydrogen-bond donors (Lipinski definition) is 0. The predicted octanol–water partition coefficient (Wildman–Crippen LogP) is 3.49. The molecule has 0 fully saturated rings. The summed E-state index contributed by atoms with van der Waals surface area (Å²) in [6, 6.07) is 16.7. The van der Waals surface area contributed by atoms with Crippen molar-refractivity contribution in [3.8, 4) is 0 Å². The monoisotopic (exact) mass is 398 g/mol. The molecular weight excluding hydrogens is 375 g/mol. The van der Waals surface area contributed by atoms with Crippen molar-refractivity contribution in [1.29, 1.82) is 0 Å². The first kappa shape index (κ1) is 17.5. The fourth-order valence-corrected chi connectivity index (χ4v) is 4.70. The third-order valence-electron chi connectivity index (χ3n) is 4.10. The van der Waals surface area contributed by atoms with E-state index in [0.717, 1.165) is 31.4 Å². The van der Waals surface area contributed by atoms with Gasteiger partial charge in [-0.1, -0.05) is 0 Å². The van der Waals surface area contributed by atoms with E-state index >= 15 is 0 Å². The number of nitrogens with zero attached hydrogens (tertiary/aromatic N) is 2. The first-order valence-corrected chi connectivity index (χ1v) is 9.86. The van der Waals surface area contributed by atoms with Gasteiger partial charge in [0.1, 0.15) is 0 Å². The maximum atomic E-state index is 12.4. The van der Waals surface area contributed by atoms with Gasteiger partial charge in [-0.2, -0.15) is 0 Å². The molecule has 0 spiro atoms. The Morgan fingerprint density at radius 2 is 1.32 bits per heavy atom. The number of ketones is 1. The average Bonchev–Trinajstić information content (AvgIpc) is 2.96. The molecule has 25 heavy (non-hydrogen) atoms. The Balaban J connectivity index is 1.77. The van der Waals surface area contributed by atoms with Crippen molar-refractivity contribution in [2.24, 2.45) is 0 Å². The van der Waals surface area contributed by atoms with E-state index in [4.69, 9.17) is 0 Å². The van der Waals surface area contributed by atoms with Crippen LogP contribution in [-0.4, -0.2) is 48.9 Å². The van der Waals surface area contributed by atoms with Crippen LogP contribution in [0.3, 0.4) is 0 Å². The minimum atomic E-state index is 0.0525. The van der Waals surface area contributed by atoms with Gasteiger partial charge in [0.2, 0.25) is 0 Å². The molecule has 1 aliphatic heterocycles. The summed E-state index contributed by atoms with van der Waals surface area (Å²) in [5.74, 6) is 0.142. The fourth-order valence-electron chi connectivity index (χ4n) is 2.58. The van der Waals surface area contributed by atoms with Crippen LogP contribution in [-0.2, 0) is 4.79 Å². The molecule has 0 bridgehead atoms. The molecule has 3 nitrogen and oxygen atoms in total. The predicted molar refractivity (Wildman–Crippen MR) is 108 cm³/mol. The van der Waals surface area contributed by atoms with Crippen LogP contribution in [0.1, 0.15) is 11.1 Å². The summed E-state index contributed by atoms with van der Waals surface area (Å²) in [4.78, 5) is 16.5. The molecule has 0 aromatic heterocycles. The van der Waals surface area contributed by atoms with Crippen LogP contribution in [0.2, 0.25) is 0 Å². The molecule has 4 heteroatoms. The molecule has 1 aliphatic rings. The van der Waals surface area contributed by atoms with Crippen LogP contribution in [0.4, 0.5) is 11.4 Å². The Hall–Kier alpha value is -2.29. The summed E-state index contributed by atoms with van der Waals surface area (Å²) >= 11 is 0.0525. The zero-order chi connectivity index (χ0) is 18.0. The zero-order valence-electron chi connectivity index (χ0n) is 15.0. The van der Waals surface area contributed by atoms with Crippen molar-refractivity contribution >= 4 is 42.7 Å². The molecule has 0 atom stereocenters. The number of carbonyl (C=O) groups is 1. The van der Waals surface area contributed by atoms with E-state index in [-0.39, 0.29) is 20.7 Å². The second kappa shape index (κ2) is 7.30.